The lowest BCUT2D eigenvalue weighted by atomic mass is 10.0. The summed E-state index contributed by atoms with van der Waals surface area (Å²) in [6, 6.07) is 8.78. The van der Waals surface area contributed by atoms with Gasteiger partial charge in [0.1, 0.15) is 13.2 Å². The van der Waals surface area contributed by atoms with Crippen LogP contribution < -0.4 is 0 Å². The second kappa shape index (κ2) is 7.08. The van der Waals surface area contributed by atoms with Crippen molar-refractivity contribution in [2.75, 3.05) is 6.61 Å². The highest BCUT2D eigenvalue weighted by Gasteiger charge is 2.49. The van der Waals surface area contributed by atoms with Crippen molar-refractivity contribution in [2.45, 2.75) is 31.2 Å². The standard InChI is InChI=1S/C15H15FO7/c16-11-6-15(7-12(11)17,9-22-13(18)19)23-14(20)21-8-10-4-2-1-3-5-10/h1-5,11H,6-9H2,(H,18,19). The predicted molar refractivity (Wildman–Crippen MR) is 73.6 cm³/mol. The molecule has 1 aromatic carbocycles. The van der Waals surface area contributed by atoms with E-state index in [0.717, 1.165) is 0 Å². The van der Waals surface area contributed by atoms with E-state index < -0.39 is 49.3 Å². The largest absolute Gasteiger partial charge is 0.509 e. The Hall–Kier alpha value is -2.64. The molecule has 2 unspecified atom stereocenters. The number of carbonyl (C=O) groups excluding carboxylic acids is 2. The lowest BCUT2D eigenvalue weighted by molar-refractivity contribution is -0.123. The zero-order valence-corrected chi connectivity index (χ0v) is 12.1. The van der Waals surface area contributed by atoms with Crippen LogP contribution in [0, 0.1) is 0 Å². The number of carboxylic acid groups (broad SMARTS) is 1. The minimum atomic E-state index is -1.82. The second-order valence-corrected chi connectivity index (χ2v) is 5.18. The average Bonchev–Trinajstić information content (AvgIpc) is 2.79. The fourth-order valence-corrected chi connectivity index (χ4v) is 2.27. The highest BCUT2D eigenvalue weighted by molar-refractivity contribution is 5.87. The molecule has 7 nitrogen and oxygen atoms in total. The summed E-state index contributed by atoms with van der Waals surface area (Å²) in [7, 11) is 0. The topological polar surface area (TPSA) is 99.1 Å². The van der Waals surface area contributed by atoms with Gasteiger partial charge in [0.2, 0.25) is 0 Å². The highest BCUT2D eigenvalue weighted by Crippen LogP contribution is 2.34. The van der Waals surface area contributed by atoms with Crippen molar-refractivity contribution in [1.82, 2.24) is 0 Å². The van der Waals surface area contributed by atoms with Gasteiger partial charge in [0.25, 0.3) is 0 Å². The van der Waals surface area contributed by atoms with Crippen LogP contribution in [0.3, 0.4) is 0 Å². The lowest BCUT2D eigenvalue weighted by Crippen LogP contribution is -2.39. The molecular formula is C15H15FO7. The molecule has 0 radical (unpaired) electrons. The van der Waals surface area contributed by atoms with Gasteiger partial charge in [-0.15, -0.1) is 0 Å². The second-order valence-electron chi connectivity index (χ2n) is 5.18. The Bertz CT molecular complexity index is 589. The van der Waals surface area contributed by atoms with Gasteiger partial charge in [-0.05, 0) is 5.56 Å². The first-order chi connectivity index (χ1) is 10.9. The molecular weight excluding hydrogens is 311 g/mol. The van der Waals surface area contributed by atoms with Crippen molar-refractivity contribution in [2.24, 2.45) is 0 Å². The molecule has 1 aromatic rings. The smallest absolute Gasteiger partial charge is 0.450 e. The number of ketones is 1. The van der Waals surface area contributed by atoms with Gasteiger partial charge in [0.15, 0.2) is 17.6 Å². The number of alkyl halides is 1. The number of halogens is 1. The van der Waals surface area contributed by atoms with E-state index in [2.05, 4.69) is 4.74 Å². The molecule has 0 saturated heterocycles. The first-order valence-corrected chi connectivity index (χ1v) is 6.82. The number of benzene rings is 1. The molecule has 2 rings (SSSR count). The van der Waals surface area contributed by atoms with Crippen LogP contribution in [-0.4, -0.2) is 41.6 Å². The Labute approximate surface area is 130 Å². The normalized spacial score (nSPS) is 23.3. The van der Waals surface area contributed by atoms with E-state index in [1.54, 1.807) is 30.3 Å². The summed E-state index contributed by atoms with van der Waals surface area (Å²) >= 11 is 0. The average molecular weight is 326 g/mol. The summed E-state index contributed by atoms with van der Waals surface area (Å²) in [5.41, 5.74) is -0.950. The molecule has 0 bridgehead atoms. The van der Waals surface area contributed by atoms with Crippen molar-refractivity contribution in [1.29, 1.82) is 0 Å². The third-order valence-corrected chi connectivity index (χ3v) is 3.36. The summed E-state index contributed by atoms with van der Waals surface area (Å²) in [5, 5.41) is 8.53. The Morgan fingerprint density at radius 2 is 1.96 bits per heavy atom. The summed E-state index contributed by atoms with van der Waals surface area (Å²) in [6.07, 6.45) is -5.47. The van der Waals surface area contributed by atoms with Gasteiger partial charge >= 0.3 is 12.3 Å². The summed E-state index contributed by atoms with van der Waals surface area (Å²) in [5.74, 6) is -0.769. The number of ether oxygens (including phenoxy) is 3. The fraction of sp³-hybridized carbons (Fsp3) is 0.400. The molecule has 1 aliphatic rings. The van der Waals surface area contributed by atoms with Gasteiger partial charge in [-0.2, -0.15) is 0 Å². The van der Waals surface area contributed by atoms with Crippen molar-refractivity contribution >= 4 is 18.1 Å². The maximum atomic E-state index is 13.5. The molecule has 0 heterocycles. The van der Waals surface area contributed by atoms with Gasteiger partial charge in [-0.1, -0.05) is 30.3 Å². The van der Waals surface area contributed by atoms with Crippen molar-refractivity contribution in [3.05, 3.63) is 35.9 Å². The zero-order chi connectivity index (χ0) is 16.9. The molecule has 2 atom stereocenters. The molecule has 0 spiro atoms. The number of hydrogen-bond donors (Lipinski definition) is 1. The van der Waals surface area contributed by atoms with Crippen LogP contribution in [0.15, 0.2) is 30.3 Å². The Kier molecular flexibility index (Phi) is 5.15. The molecule has 0 amide bonds. The first-order valence-electron chi connectivity index (χ1n) is 6.82. The maximum Gasteiger partial charge on any atom is 0.509 e. The third-order valence-electron chi connectivity index (χ3n) is 3.36. The Balaban J connectivity index is 1.95. The van der Waals surface area contributed by atoms with E-state index >= 15 is 0 Å². The molecule has 1 fully saturated rings. The summed E-state index contributed by atoms with van der Waals surface area (Å²) in [4.78, 5) is 33.6. The van der Waals surface area contributed by atoms with Gasteiger partial charge in [-0.3, -0.25) is 4.79 Å². The van der Waals surface area contributed by atoms with Gasteiger partial charge in [0.05, 0.1) is 6.42 Å². The Morgan fingerprint density at radius 1 is 1.26 bits per heavy atom. The van der Waals surface area contributed by atoms with E-state index in [1.165, 1.54) is 0 Å². The first kappa shape index (κ1) is 16.7. The SMILES string of the molecule is O=C(O)OCC1(OC(=O)OCc2ccccc2)CC(=O)C(F)C1. The minimum absolute atomic E-state index is 0.0669. The van der Waals surface area contributed by atoms with Crippen molar-refractivity contribution < 1.29 is 38.1 Å². The van der Waals surface area contributed by atoms with Crippen LogP contribution in [0.4, 0.5) is 14.0 Å². The number of Topliss-reactive ketones (excluding diaryl/α,β-unsaturated/α-hetero) is 1. The van der Waals surface area contributed by atoms with Crippen LogP contribution >= 0.6 is 0 Å². The zero-order valence-electron chi connectivity index (χ0n) is 12.1. The van der Waals surface area contributed by atoms with Crippen molar-refractivity contribution in [3.63, 3.8) is 0 Å². The van der Waals surface area contributed by atoms with Gasteiger partial charge < -0.3 is 19.3 Å². The summed E-state index contributed by atoms with van der Waals surface area (Å²) < 4.78 is 27.7. The molecule has 1 saturated carbocycles. The van der Waals surface area contributed by atoms with Crippen LogP contribution in [0.2, 0.25) is 0 Å². The number of carbonyl (C=O) groups is 3. The van der Waals surface area contributed by atoms with E-state index in [9.17, 15) is 18.8 Å². The molecule has 23 heavy (non-hydrogen) atoms. The highest BCUT2D eigenvalue weighted by atomic mass is 19.1. The molecule has 1 aliphatic carbocycles. The molecule has 1 N–H and O–H groups in total. The van der Waals surface area contributed by atoms with Crippen LogP contribution in [0.5, 0.6) is 0 Å². The monoisotopic (exact) mass is 326 g/mol. The molecule has 0 aromatic heterocycles. The quantitative estimate of drug-likeness (QED) is 0.830. The lowest BCUT2D eigenvalue weighted by Gasteiger charge is -2.26. The third kappa shape index (κ3) is 4.67. The van der Waals surface area contributed by atoms with Gasteiger partial charge in [0, 0.05) is 6.42 Å². The van der Waals surface area contributed by atoms with Crippen LogP contribution in [0.1, 0.15) is 18.4 Å². The van der Waals surface area contributed by atoms with Gasteiger partial charge in [-0.25, -0.2) is 14.0 Å². The maximum absolute atomic E-state index is 13.5. The number of hydrogen-bond acceptors (Lipinski definition) is 6. The van der Waals surface area contributed by atoms with E-state index in [0.29, 0.717) is 5.56 Å². The van der Waals surface area contributed by atoms with E-state index in [4.69, 9.17) is 14.6 Å². The predicted octanol–water partition coefficient (Wildman–Crippen LogP) is 2.47. The molecule has 0 aliphatic heterocycles. The Morgan fingerprint density at radius 3 is 2.52 bits per heavy atom. The number of rotatable bonds is 5. The van der Waals surface area contributed by atoms with E-state index in [1.807, 2.05) is 0 Å². The molecule has 124 valence electrons. The van der Waals surface area contributed by atoms with Crippen LogP contribution in [0.25, 0.3) is 0 Å². The molecule has 8 heteroatoms. The van der Waals surface area contributed by atoms with Crippen molar-refractivity contribution in [3.8, 4) is 0 Å². The fourth-order valence-electron chi connectivity index (χ4n) is 2.27. The van der Waals surface area contributed by atoms with Crippen LogP contribution in [-0.2, 0) is 25.6 Å². The van der Waals surface area contributed by atoms with E-state index in [-0.39, 0.29) is 6.61 Å². The minimum Gasteiger partial charge on any atom is -0.450 e. The summed E-state index contributed by atoms with van der Waals surface area (Å²) in [6.45, 7) is -0.697.